The highest BCUT2D eigenvalue weighted by Gasteiger charge is 2.30. The third-order valence-corrected chi connectivity index (χ3v) is 3.17. The monoisotopic (exact) mass is 298 g/mol. The molecule has 2 rings (SSSR count). The van der Waals surface area contributed by atoms with Crippen LogP contribution < -0.4 is 5.32 Å². The van der Waals surface area contributed by atoms with Crippen LogP contribution in [0.15, 0.2) is 18.2 Å². The molecule has 1 aliphatic rings. The Hall–Kier alpha value is -2.02. The van der Waals surface area contributed by atoms with Gasteiger partial charge in [-0.2, -0.15) is 0 Å². The fourth-order valence-electron chi connectivity index (χ4n) is 2.08. The number of benzene rings is 1. The number of aliphatic carboxylic acids is 1. The van der Waals surface area contributed by atoms with Gasteiger partial charge in [0.05, 0.1) is 13.0 Å². The summed E-state index contributed by atoms with van der Waals surface area (Å²) in [5, 5.41) is 11.1. The van der Waals surface area contributed by atoms with E-state index >= 15 is 0 Å². The zero-order valence-corrected chi connectivity index (χ0v) is 11.3. The van der Waals surface area contributed by atoms with Crippen molar-refractivity contribution in [1.82, 2.24) is 4.90 Å². The molecule has 0 atom stereocenters. The Morgan fingerprint density at radius 3 is 2.38 bits per heavy atom. The maximum Gasteiger partial charge on any atom is 0.304 e. The molecule has 1 aliphatic carbocycles. The number of hydrogen-bond acceptors (Lipinski definition) is 3. The molecule has 21 heavy (non-hydrogen) atoms. The molecule has 1 fully saturated rings. The van der Waals surface area contributed by atoms with Crippen LogP contribution in [0.5, 0.6) is 0 Å². The van der Waals surface area contributed by atoms with Gasteiger partial charge in [-0.05, 0) is 25.0 Å². The number of carboxylic acid groups (broad SMARTS) is 1. The van der Waals surface area contributed by atoms with Gasteiger partial charge in [0.15, 0.2) is 0 Å². The van der Waals surface area contributed by atoms with Crippen LogP contribution in [0.3, 0.4) is 0 Å². The first-order valence-electron chi connectivity index (χ1n) is 6.66. The second-order valence-electron chi connectivity index (χ2n) is 5.05. The molecular formula is C14H16F2N2O3. The Morgan fingerprint density at radius 2 is 1.86 bits per heavy atom. The van der Waals surface area contributed by atoms with Crippen molar-refractivity contribution < 1.29 is 23.5 Å². The molecule has 2 N–H and O–H groups in total. The molecule has 0 heterocycles. The van der Waals surface area contributed by atoms with E-state index in [-0.39, 0.29) is 31.2 Å². The Labute approximate surface area is 120 Å². The Morgan fingerprint density at radius 1 is 1.24 bits per heavy atom. The van der Waals surface area contributed by atoms with Crippen molar-refractivity contribution >= 4 is 17.6 Å². The maximum absolute atomic E-state index is 13.0. The van der Waals surface area contributed by atoms with Gasteiger partial charge in [-0.3, -0.25) is 14.5 Å². The second-order valence-corrected chi connectivity index (χ2v) is 5.05. The van der Waals surface area contributed by atoms with Crippen LogP contribution in [0.25, 0.3) is 0 Å². The molecule has 0 bridgehead atoms. The molecule has 0 aliphatic heterocycles. The highest BCUT2D eigenvalue weighted by molar-refractivity contribution is 5.92. The number of anilines is 1. The standard InChI is InChI=1S/C14H16F2N2O3/c15-9-5-10(16)7-11(6-9)17-13(19)8-18(12-1-2-12)4-3-14(20)21/h5-7,12H,1-4,8H2,(H,17,19)(H,20,21). The molecule has 7 heteroatoms. The van der Waals surface area contributed by atoms with Gasteiger partial charge in [0.25, 0.3) is 0 Å². The summed E-state index contributed by atoms with van der Waals surface area (Å²) >= 11 is 0. The SMILES string of the molecule is O=C(O)CCN(CC(=O)Nc1cc(F)cc(F)c1)C1CC1. The molecule has 0 unspecified atom stereocenters. The van der Waals surface area contributed by atoms with E-state index in [0.29, 0.717) is 0 Å². The Kier molecular flexibility index (Phi) is 4.85. The third kappa shape index (κ3) is 5.11. The van der Waals surface area contributed by atoms with Crippen molar-refractivity contribution in [2.24, 2.45) is 0 Å². The van der Waals surface area contributed by atoms with E-state index in [0.717, 1.165) is 31.0 Å². The predicted molar refractivity (Wildman–Crippen MR) is 71.8 cm³/mol. The fourth-order valence-corrected chi connectivity index (χ4v) is 2.08. The number of amides is 1. The number of halogens is 2. The van der Waals surface area contributed by atoms with E-state index in [2.05, 4.69) is 5.32 Å². The molecule has 1 aromatic carbocycles. The topological polar surface area (TPSA) is 69.6 Å². The Balaban J connectivity index is 1.91. The van der Waals surface area contributed by atoms with Crippen LogP contribution >= 0.6 is 0 Å². The summed E-state index contributed by atoms with van der Waals surface area (Å²) in [6.07, 6.45) is 1.82. The minimum atomic E-state index is -0.923. The summed E-state index contributed by atoms with van der Waals surface area (Å²) in [5.74, 6) is -2.88. The van der Waals surface area contributed by atoms with Gasteiger partial charge >= 0.3 is 5.97 Å². The van der Waals surface area contributed by atoms with Crippen molar-refractivity contribution in [3.63, 3.8) is 0 Å². The largest absolute Gasteiger partial charge is 0.481 e. The van der Waals surface area contributed by atoms with Crippen LogP contribution in [0.1, 0.15) is 19.3 Å². The summed E-state index contributed by atoms with van der Waals surface area (Å²) in [7, 11) is 0. The summed E-state index contributed by atoms with van der Waals surface area (Å²) < 4.78 is 26.0. The van der Waals surface area contributed by atoms with Gasteiger partial charge in [-0.1, -0.05) is 0 Å². The number of carbonyl (C=O) groups excluding carboxylic acids is 1. The minimum absolute atomic E-state index is 0.01000. The van der Waals surface area contributed by atoms with Crippen molar-refractivity contribution in [2.45, 2.75) is 25.3 Å². The normalized spacial score (nSPS) is 14.2. The summed E-state index contributed by atoms with van der Waals surface area (Å²) in [6, 6.07) is 3.00. The predicted octanol–water partition coefficient (Wildman–Crippen LogP) is 1.84. The number of rotatable bonds is 7. The minimum Gasteiger partial charge on any atom is -0.481 e. The van der Waals surface area contributed by atoms with Crippen molar-refractivity contribution in [2.75, 3.05) is 18.4 Å². The average Bonchev–Trinajstić information content (AvgIpc) is 3.16. The lowest BCUT2D eigenvalue weighted by molar-refractivity contribution is -0.137. The molecular weight excluding hydrogens is 282 g/mol. The first-order chi connectivity index (χ1) is 9.94. The molecule has 0 radical (unpaired) electrons. The fraction of sp³-hybridized carbons (Fsp3) is 0.429. The van der Waals surface area contributed by atoms with Crippen molar-refractivity contribution in [3.8, 4) is 0 Å². The number of nitrogens with zero attached hydrogens (tertiary/aromatic N) is 1. The summed E-state index contributed by atoms with van der Waals surface area (Å²) in [6.45, 7) is 0.293. The van der Waals surface area contributed by atoms with Gasteiger partial charge < -0.3 is 10.4 Å². The molecule has 114 valence electrons. The van der Waals surface area contributed by atoms with Gasteiger partial charge in [0, 0.05) is 24.3 Å². The second kappa shape index (κ2) is 6.62. The van der Waals surface area contributed by atoms with E-state index < -0.39 is 23.5 Å². The van der Waals surface area contributed by atoms with E-state index in [1.165, 1.54) is 0 Å². The van der Waals surface area contributed by atoms with Crippen LogP contribution in [0.2, 0.25) is 0 Å². The van der Waals surface area contributed by atoms with Crippen LogP contribution in [0.4, 0.5) is 14.5 Å². The number of carbonyl (C=O) groups is 2. The van der Waals surface area contributed by atoms with Gasteiger partial charge in [-0.15, -0.1) is 0 Å². The van der Waals surface area contributed by atoms with Crippen molar-refractivity contribution in [1.29, 1.82) is 0 Å². The lowest BCUT2D eigenvalue weighted by atomic mass is 10.3. The highest BCUT2D eigenvalue weighted by Crippen LogP contribution is 2.26. The van der Waals surface area contributed by atoms with Gasteiger partial charge in [0.1, 0.15) is 11.6 Å². The smallest absolute Gasteiger partial charge is 0.304 e. The summed E-state index contributed by atoms with van der Waals surface area (Å²) in [4.78, 5) is 24.2. The van der Waals surface area contributed by atoms with E-state index in [1.54, 1.807) is 4.90 Å². The third-order valence-electron chi connectivity index (χ3n) is 3.17. The molecule has 0 spiro atoms. The molecule has 5 nitrogen and oxygen atoms in total. The zero-order chi connectivity index (χ0) is 15.4. The number of hydrogen-bond donors (Lipinski definition) is 2. The van der Waals surface area contributed by atoms with Gasteiger partial charge in [-0.25, -0.2) is 8.78 Å². The quantitative estimate of drug-likeness (QED) is 0.806. The molecule has 1 saturated carbocycles. The molecule has 1 aromatic rings. The van der Waals surface area contributed by atoms with Crippen LogP contribution in [0, 0.1) is 11.6 Å². The lowest BCUT2D eigenvalue weighted by Crippen LogP contribution is -2.36. The Bertz CT molecular complexity index is 527. The highest BCUT2D eigenvalue weighted by atomic mass is 19.1. The summed E-state index contributed by atoms with van der Waals surface area (Å²) in [5.41, 5.74) is 0.0477. The molecule has 0 saturated heterocycles. The first kappa shape index (κ1) is 15.4. The van der Waals surface area contributed by atoms with Gasteiger partial charge in [0.2, 0.25) is 5.91 Å². The lowest BCUT2D eigenvalue weighted by Gasteiger charge is -2.20. The molecule has 1 amide bonds. The average molecular weight is 298 g/mol. The number of carboxylic acids is 1. The van der Waals surface area contributed by atoms with Crippen LogP contribution in [-0.2, 0) is 9.59 Å². The number of nitrogens with one attached hydrogen (secondary N) is 1. The zero-order valence-electron chi connectivity index (χ0n) is 11.3. The van der Waals surface area contributed by atoms with E-state index in [9.17, 15) is 18.4 Å². The first-order valence-corrected chi connectivity index (χ1v) is 6.66. The van der Waals surface area contributed by atoms with E-state index in [1.807, 2.05) is 0 Å². The van der Waals surface area contributed by atoms with Crippen molar-refractivity contribution in [3.05, 3.63) is 29.8 Å². The molecule has 0 aromatic heterocycles. The maximum atomic E-state index is 13.0. The van der Waals surface area contributed by atoms with E-state index in [4.69, 9.17) is 5.11 Å². The van der Waals surface area contributed by atoms with Crippen LogP contribution in [-0.4, -0.2) is 41.0 Å².